The number of halogens is 1. The summed E-state index contributed by atoms with van der Waals surface area (Å²) in [5, 5.41) is 0. The van der Waals surface area contributed by atoms with Crippen molar-refractivity contribution >= 4 is 43.4 Å². The Kier molecular flexibility index (Phi) is 5.72. The fourth-order valence-corrected chi connectivity index (χ4v) is 3.49. The van der Waals surface area contributed by atoms with E-state index in [1.165, 1.54) is 11.3 Å². The fourth-order valence-electron chi connectivity index (χ4n) is 1.87. The first kappa shape index (κ1) is 16.4. The minimum Gasteiger partial charge on any atom is -0.380 e. The van der Waals surface area contributed by atoms with Gasteiger partial charge < -0.3 is 9.30 Å². The van der Waals surface area contributed by atoms with E-state index in [-0.39, 0.29) is 11.8 Å². The molecule has 6 heteroatoms. The third kappa shape index (κ3) is 4.02. The molecule has 0 N–H and O–H groups in total. The van der Waals surface area contributed by atoms with Crippen LogP contribution in [-0.4, -0.2) is 23.7 Å². The van der Waals surface area contributed by atoms with Gasteiger partial charge in [0.2, 0.25) is 0 Å². The molecule has 1 heterocycles. The van der Waals surface area contributed by atoms with Gasteiger partial charge in [0.1, 0.15) is 0 Å². The number of fused-ring (bicyclic) bond motifs is 1. The maximum absolute atomic E-state index is 11.9. The molecule has 1 amide bonds. The molecule has 114 valence electrons. The van der Waals surface area contributed by atoms with E-state index in [0.29, 0.717) is 19.8 Å². The van der Waals surface area contributed by atoms with E-state index >= 15 is 0 Å². The van der Waals surface area contributed by atoms with Crippen LogP contribution in [0, 0.1) is 5.92 Å². The molecule has 0 unspecified atom stereocenters. The van der Waals surface area contributed by atoms with Crippen LogP contribution in [0.5, 0.6) is 0 Å². The highest BCUT2D eigenvalue weighted by molar-refractivity contribution is 9.10. The zero-order valence-corrected chi connectivity index (χ0v) is 14.8. The number of amides is 1. The van der Waals surface area contributed by atoms with Crippen LogP contribution in [0.1, 0.15) is 20.8 Å². The highest BCUT2D eigenvalue weighted by Gasteiger charge is 2.10. The first-order valence-corrected chi connectivity index (χ1v) is 8.59. The van der Waals surface area contributed by atoms with E-state index in [0.717, 1.165) is 19.5 Å². The van der Waals surface area contributed by atoms with Crippen molar-refractivity contribution in [1.82, 2.24) is 4.57 Å². The number of nitrogens with zero attached hydrogens (tertiary/aromatic N) is 2. The molecule has 0 aliphatic carbocycles. The Morgan fingerprint density at radius 2 is 2.24 bits per heavy atom. The predicted octanol–water partition coefficient (Wildman–Crippen LogP) is 3.59. The minimum atomic E-state index is -0.0951. The second kappa shape index (κ2) is 7.33. The van der Waals surface area contributed by atoms with Crippen molar-refractivity contribution in [2.24, 2.45) is 10.9 Å². The van der Waals surface area contributed by atoms with Crippen LogP contribution in [-0.2, 0) is 16.1 Å². The van der Waals surface area contributed by atoms with Crippen molar-refractivity contribution in [1.29, 1.82) is 0 Å². The Hall–Kier alpha value is -0.980. The van der Waals surface area contributed by atoms with Crippen LogP contribution >= 0.6 is 27.3 Å². The SMILES string of the molecule is CCOCCn1c(=NC(=O)C(C)C)sc2cc(Br)ccc21. The molecular formula is C15H19BrN2O2S. The average Bonchev–Trinajstić information content (AvgIpc) is 2.76. The van der Waals surface area contributed by atoms with Crippen LogP contribution in [0.2, 0.25) is 0 Å². The number of hydrogen-bond acceptors (Lipinski definition) is 3. The topological polar surface area (TPSA) is 43.6 Å². The molecule has 1 aromatic carbocycles. The Morgan fingerprint density at radius 3 is 2.90 bits per heavy atom. The molecule has 2 rings (SSSR count). The van der Waals surface area contributed by atoms with Crippen molar-refractivity contribution in [3.05, 3.63) is 27.5 Å². The number of rotatable bonds is 5. The Morgan fingerprint density at radius 1 is 1.48 bits per heavy atom. The van der Waals surface area contributed by atoms with Crippen LogP contribution in [0.15, 0.2) is 27.7 Å². The lowest BCUT2D eigenvalue weighted by Crippen LogP contribution is -2.20. The van der Waals surface area contributed by atoms with Crippen molar-refractivity contribution in [2.75, 3.05) is 13.2 Å². The van der Waals surface area contributed by atoms with E-state index in [9.17, 15) is 4.79 Å². The quantitative estimate of drug-likeness (QED) is 0.754. The van der Waals surface area contributed by atoms with E-state index in [1.54, 1.807) is 0 Å². The molecule has 4 nitrogen and oxygen atoms in total. The molecule has 0 radical (unpaired) electrons. The van der Waals surface area contributed by atoms with Crippen molar-refractivity contribution in [2.45, 2.75) is 27.3 Å². The fraction of sp³-hybridized carbons (Fsp3) is 0.467. The first-order valence-electron chi connectivity index (χ1n) is 6.98. The molecule has 0 aliphatic rings. The van der Waals surface area contributed by atoms with Gasteiger partial charge in [-0.1, -0.05) is 41.1 Å². The Bertz CT molecular complexity index is 703. The van der Waals surface area contributed by atoms with E-state index in [2.05, 4.69) is 31.6 Å². The maximum atomic E-state index is 11.9. The molecule has 0 saturated carbocycles. The lowest BCUT2D eigenvalue weighted by Gasteiger charge is -2.05. The van der Waals surface area contributed by atoms with Crippen LogP contribution < -0.4 is 4.80 Å². The van der Waals surface area contributed by atoms with Gasteiger partial charge in [-0.15, -0.1) is 0 Å². The van der Waals surface area contributed by atoms with Crippen LogP contribution in [0.3, 0.4) is 0 Å². The monoisotopic (exact) mass is 370 g/mol. The second-order valence-corrected chi connectivity index (χ2v) is 6.87. The number of carbonyl (C=O) groups excluding carboxylic acids is 1. The van der Waals surface area contributed by atoms with Gasteiger partial charge in [-0.25, -0.2) is 0 Å². The molecule has 1 aromatic heterocycles. The molecular weight excluding hydrogens is 352 g/mol. The summed E-state index contributed by atoms with van der Waals surface area (Å²) in [6, 6.07) is 6.09. The molecule has 2 aromatic rings. The summed E-state index contributed by atoms with van der Waals surface area (Å²) < 4.78 is 9.62. The summed E-state index contributed by atoms with van der Waals surface area (Å²) in [7, 11) is 0. The largest absolute Gasteiger partial charge is 0.380 e. The summed E-state index contributed by atoms with van der Waals surface area (Å²) in [4.78, 5) is 16.9. The lowest BCUT2D eigenvalue weighted by molar-refractivity contribution is -0.120. The summed E-state index contributed by atoms with van der Waals surface area (Å²) in [5.74, 6) is -0.187. The number of hydrogen-bond donors (Lipinski definition) is 0. The summed E-state index contributed by atoms with van der Waals surface area (Å²) in [6.45, 7) is 7.69. The molecule has 0 fully saturated rings. The highest BCUT2D eigenvalue weighted by atomic mass is 79.9. The summed E-state index contributed by atoms with van der Waals surface area (Å²) >= 11 is 5.01. The Labute approximate surface area is 136 Å². The van der Waals surface area contributed by atoms with Crippen LogP contribution in [0.4, 0.5) is 0 Å². The number of benzene rings is 1. The van der Waals surface area contributed by atoms with Crippen molar-refractivity contribution in [3.8, 4) is 0 Å². The molecule has 0 saturated heterocycles. The highest BCUT2D eigenvalue weighted by Crippen LogP contribution is 2.22. The predicted molar refractivity (Wildman–Crippen MR) is 89.4 cm³/mol. The molecule has 0 atom stereocenters. The van der Waals surface area contributed by atoms with Crippen molar-refractivity contribution in [3.63, 3.8) is 0 Å². The lowest BCUT2D eigenvalue weighted by atomic mass is 10.2. The number of aromatic nitrogens is 1. The zero-order valence-electron chi connectivity index (χ0n) is 12.4. The van der Waals surface area contributed by atoms with Gasteiger partial charge in [0.15, 0.2) is 4.80 Å². The minimum absolute atomic E-state index is 0.0919. The average molecular weight is 371 g/mol. The van der Waals surface area contributed by atoms with Gasteiger partial charge in [-0.2, -0.15) is 4.99 Å². The van der Waals surface area contributed by atoms with E-state index in [1.807, 2.05) is 32.9 Å². The Balaban J connectivity index is 2.51. The van der Waals surface area contributed by atoms with Gasteiger partial charge in [0, 0.05) is 23.5 Å². The summed E-state index contributed by atoms with van der Waals surface area (Å²) in [6.07, 6.45) is 0. The molecule has 21 heavy (non-hydrogen) atoms. The van der Waals surface area contributed by atoms with E-state index in [4.69, 9.17) is 4.74 Å². The first-order chi connectivity index (χ1) is 10.0. The number of ether oxygens (including phenoxy) is 1. The third-order valence-electron chi connectivity index (χ3n) is 3.01. The van der Waals surface area contributed by atoms with Crippen molar-refractivity contribution < 1.29 is 9.53 Å². The molecule has 0 bridgehead atoms. The third-order valence-corrected chi connectivity index (χ3v) is 4.54. The molecule has 0 aliphatic heterocycles. The van der Waals surface area contributed by atoms with Gasteiger partial charge >= 0.3 is 0 Å². The smallest absolute Gasteiger partial charge is 0.250 e. The number of thiazole rings is 1. The molecule has 0 spiro atoms. The van der Waals surface area contributed by atoms with Gasteiger partial charge in [0.05, 0.1) is 16.8 Å². The van der Waals surface area contributed by atoms with Gasteiger partial charge in [-0.3, -0.25) is 4.79 Å². The number of carbonyl (C=O) groups is 1. The normalized spacial score (nSPS) is 12.5. The standard InChI is InChI=1S/C15H19BrN2O2S/c1-4-20-8-7-18-12-6-5-11(16)9-13(12)21-15(18)17-14(19)10(2)3/h5-6,9-10H,4,7-8H2,1-3H3. The maximum Gasteiger partial charge on any atom is 0.250 e. The van der Waals surface area contributed by atoms with E-state index < -0.39 is 0 Å². The zero-order chi connectivity index (χ0) is 15.4. The van der Waals surface area contributed by atoms with Gasteiger partial charge in [0.25, 0.3) is 5.91 Å². The van der Waals surface area contributed by atoms with Gasteiger partial charge in [-0.05, 0) is 25.1 Å². The van der Waals surface area contributed by atoms with Crippen LogP contribution in [0.25, 0.3) is 10.2 Å². The summed E-state index contributed by atoms with van der Waals surface area (Å²) in [5.41, 5.74) is 1.08. The second-order valence-electron chi connectivity index (χ2n) is 4.95.